The fraction of sp³-hybridized carbons (Fsp3) is 0.0526. The van der Waals surface area contributed by atoms with Crippen molar-refractivity contribution in [1.82, 2.24) is 10.9 Å². The van der Waals surface area contributed by atoms with E-state index in [0.29, 0.717) is 5.75 Å². The molecule has 2 amide bonds. The molecule has 2 aromatic carbocycles. The molecule has 0 heterocycles. The van der Waals surface area contributed by atoms with Gasteiger partial charge in [0.25, 0.3) is 11.8 Å². The summed E-state index contributed by atoms with van der Waals surface area (Å²) in [5.41, 5.74) is 6.34. The van der Waals surface area contributed by atoms with Gasteiger partial charge < -0.3 is 4.74 Å². The largest absolute Gasteiger partial charge is 0.497 e. The lowest BCUT2D eigenvalue weighted by Gasteiger charge is -2.02. The van der Waals surface area contributed by atoms with Gasteiger partial charge in [-0.15, -0.1) is 0 Å². The van der Waals surface area contributed by atoms with E-state index < -0.39 is 11.8 Å². The zero-order valence-electron chi connectivity index (χ0n) is 13.2. The van der Waals surface area contributed by atoms with E-state index in [1.165, 1.54) is 12.2 Å². The van der Waals surface area contributed by atoms with Crippen molar-refractivity contribution >= 4 is 24.0 Å². The lowest BCUT2D eigenvalue weighted by molar-refractivity contribution is -0.123. The molecule has 2 rings (SSSR count). The van der Waals surface area contributed by atoms with Gasteiger partial charge in [0.2, 0.25) is 0 Å². The molecule has 0 fully saturated rings. The van der Waals surface area contributed by atoms with Crippen LogP contribution < -0.4 is 15.6 Å². The summed E-state index contributed by atoms with van der Waals surface area (Å²) in [5, 5.41) is 0. The highest BCUT2D eigenvalue weighted by molar-refractivity contribution is 5.96. The molecular weight excluding hydrogens is 304 g/mol. The summed E-state index contributed by atoms with van der Waals surface area (Å²) in [6.07, 6.45) is 5.97. The van der Waals surface area contributed by atoms with Crippen LogP contribution >= 0.6 is 0 Å². The molecule has 0 saturated heterocycles. The third kappa shape index (κ3) is 5.81. The van der Waals surface area contributed by atoms with Gasteiger partial charge in [-0.3, -0.25) is 20.4 Å². The zero-order valence-corrected chi connectivity index (χ0v) is 13.2. The highest BCUT2D eigenvalue weighted by Gasteiger charge is 1.98. The molecule has 0 saturated carbocycles. The van der Waals surface area contributed by atoms with E-state index in [1.54, 1.807) is 25.3 Å². The molecule has 5 heteroatoms. The van der Waals surface area contributed by atoms with Crippen LogP contribution in [0.4, 0.5) is 0 Å². The van der Waals surface area contributed by atoms with Crippen molar-refractivity contribution in [3.8, 4) is 5.75 Å². The number of methoxy groups -OCH3 is 1. The first-order valence-corrected chi connectivity index (χ1v) is 7.32. The van der Waals surface area contributed by atoms with Gasteiger partial charge in [-0.05, 0) is 35.4 Å². The number of amides is 2. The van der Waals surface area contributed by atoms with E-state index in [9.17, 15) is 9.59 Å². The van der Waals surface area contributed by atoms with Crippen LogP contribution in [-0.4, -0.2) is 18.9 Å². The van der Waals surface area contributed by atoms with E-state index in [1.807, 2.05) is 48.5 Å². The smallest absolute Gasteiger partial charge is 0.262 e. The van der Waals surface area contributed by atoms with Crippen LogP contribution in [0.3, 0.4) is 0 Å². The number of hydrazine groups is 1. The maximum atomic E-state index is 11.7. The summed E-state index contributed by atoms with van der Waals surface area (Å²) in [5.74, 6) is -0.141. The van der Waals surface area contributed by atoms with Crippen LogP contribution in [0.2, 0.25) is 0 Å². The molecule has 0 unspecified atom stereocenters. The third-order valence-corrected chi connectivity index (χ3v) is 3.06. The first-order chi connectivity index (χ1) is 11.7. The molecule has 0 aliphatic heterocycles. The van der Waals surface area contributed by atoms with Crippen molar-refractivity contribution in [2.45, 2.75) is 0 Å². The Morgan fingerprint density at radius 1 is 0.833 bits per heavy atom. The molecule has 0 aliphatic rings. The Kier molecular flexibility index (Phi) is 6.35. The van der Waals surface area contributed by atoms with Crippen molar-refractivity contribution in [3.05, 3.63) is 77.9 Å². The topological polar surface area (TPSA) is 67.4 Å². The zero-order chi connectivity index (χ0) is 17.2. The predicted octanol–water partition coefficient (Wildman–Crippen LogP) is 2.57. The molecule has 0 aromatic heterocycles. The van der Waals surface area contributed by atoms with Gasteiger partial charge in [0.1, 0.15) is 5.75 Å². The van der Waals surface area contributed by atoms with Crippen molar-refractivity contribution in [1.29, 1.82) is 0 Å². The molecule has 0 spiro atoms. The highest BCUT2D eigenvalue weighted by Crippen LogP contribution is 2.13. The van der Waals surface area contributed by atoms with Crippen LogP contribution in [0.15, 0.2) is 66.7 Å². The minimum atomic E-state index is -0.431. The van der Waals surface area contributed by atoms with Gasteiger partial charge in [-0.2, -0.15) is 0 Å². The number of benzene rings is 2. The van der Waals surface area contributed by atoms with Crippen molar-refractivity contribution < 1.29 is 14.3 Å². The van der Waals surface area contributed by atoms with Gasteiger partial charge in [0.05, 0.1) is 7.11 Å². The Hall–Kier alpha value is -3.34. The number of nitrogens with one attached hydrogen (secondary N) is 2. The summed E-state index contributed by atoms with van der Waals surface area (Å²) in [6, 6.07) is 16.7. The van der Waals surface area contributed by atoms with Gasteiger partial charge in [0.15, 0.2) is 0 Å². The average molecular weight is 322 g/mol. The fourth-order valence-electron chi connectivity index (χ4n) is 1.86. The van der Waals surface area contributed by atoms with E-state index in [0.717, 1.165) is 11.1 Å². The summed E-state index contributed by atoms with van der Waals surface area (Å²) in [4.78, 5) is 23.3. The number of hydrogen-bond donors (Lipinski definition) is 2. The van der Waals surface area contributed by atoms with Crippen LogP contribution in [-0.2, 0) is 9.59 Å². The third-order valence-electron chi connectivity index (χ3n) is 3.06. The molecule has 24 heavy (non-hydrogen) atoms. The summed E-state index contributed by atoms with van der Waals surface area (Å²) >= 11 is 0. The normalized spacial score (nSPS) is 10.7. The number of carbonyl (C=O) groups excluding carboxylic acids is 2. The highest BCUT2D eigenvalue weighted by atomic mass is 16.5. The first kappa shape index (κ1) is 17.0. The van der Waals surface area contributed by atoms with Crippen molar-refractivity contribution in [2.24, 2.45) is 0 Å². The number of rotatable bonds is 5. The van der Waals surface area contributed by atoms with Crippen LogP contribution in [0.25, 0.3) is 12.2 Å². The minimum absolute atomic E-state index is 0.415. The molecule has 5 nitrogen and oxygen atoms in total. The monoisotopic (exact) mass is 322 g/mol. The van der Waals surface area contributed by atoms with Gasteiger partial charge >= 0.3 is 0 Å². The molecule has 0 radical (unpaired) electrons. The number of hydrogen-bond acceptors (Lipinski definition) is 3. The van der Waals surface area contributed by atoms with Gasteiger partial charge in [-0.25, -0.2) is 0 Å². The number of carbonyl (C=O) groups is 2. The van der Waals surface area contributed by atoms with E-state index >= 15 is 0 Å². The lowest BCUT2D eigenvalue weighted by atomic mass is 10.2. The Morgan fingerprint density at radius 3 is 2.04 bits per heavy atom. The Balaban J connectivity index is 1.81. The molecular formula is C19H18N2O3. The summed E-state index contributed by atoms with van der Waals surface area (Å²) < 4.78 is 5.10. The Morgan fingerprint density at radius 2 is 1.42 bits per heavy atom. The van der Waals surface area contributed by atoms with E-state index in [-0.39, 0.29) is 0 Å². The maximum absolute atomic E-state index is 11.7. The molecule has 0 aliphatic carbocycles. The summed E-state index contributed by atoms with van der Waals surface area (Å²) in [7, 11) is 1.58. The minimum Gasteiger partial charge on any atom is -0.497 e. The SMILES string of the molecule is COc1cccc(/C=C/C(=O)NNC(=O)C=Cc2ccccc2)c1. The Labute approximate surface area is 140 Å². The van der Waals surface area contributed by atoms with Crippen LogP contribution in [0.5, 0.6) is 5.75 Å². The Bertz CT molecular complexity index is 752. The molecule has 0 bridgehead atoms. The second kappa shape index (κ2) is 8.95. The van der Waals surface area contributed by atoms with Crippen LogP contribution in [0, 0.1) is 0 Å². The molecule has 0 atom stereocenters. The number of ether oxygens (including phenoxy) is 1. The summed E-state index contributed by atoms with van der Waals surface area (Å²) in [6.45, 7) is 0. The maximum Gasteiger partial charge on any atom is 0.262 e. The van der Waals surface area contributed by atoms with Crippen molar-refractivity contribution in [2.75, 3.05) is 7.11 Å². The standard InChI is InChI=1S/C19H18N2O3/c1-24-17-9-5-8-16(14-17)11-13-19(23)21-20-18(22)12-10-15-6-3-2-4-7-15/h2-14H,1H3,(H,20,22)(H,21,23)/b12-10?,13-11+. The average Bonchev–Trinajstić information content (AvgIpc) is 2.64. The second-order valence-corrected chi connectivity index (χ2v) is 4.83. The second-order valence-electron chi connectivity index (χ2n) is 4.83. The van der Waals surface area contributed by atoms with Crippen molar-refractivity contribution in [3.63, 3.8) is 0 Å². The van der Waals surface area contributed by atoms with E-state index in [4.69, 9.17) is 4.74 Å². The molecule has 2 N–H and O–H groups in total. The quantitative estimate of drug-likeness (QED) is 0.657. The predicted molar refractivity (Wildman–Crippen MR) is 93.8 cm³/mol. The van der Waals surface area contributed by atoms with Gasteiger partial charge in [0, 0.05) is 12.2 Å². The van der Waals surface area contributed by atoms with Crippen LogP contribution in [0.1, 0.15) is 11.1 Å². The fourth-order valence-corrected chi connectivity index (χ4v) is 1.86. The molecule has 2 aromatic rings. The van der Waals surface area contributed by atoms with E-state index in [2.05, 4.69) is 10.9 Å². The first-order valence-electron chi connectivity index (χ1n) is 7.32. The lowest BCUT2D eigenvalue weighted by Crippen LogP contribution is -2.39. The molecule has 122 valence electrons. The van der Waals surface area contributed by atoms with Gasteiger partial charge in [-0.1, -0.05) is 42.5 Å².